The molecule has 0 radical (unpaired) electrons. The van der Waals surface area contributed by atoms with E-state index in [1.807, 2.05) is 24.4 Å². The van der Waals surface area contributed by atoms with Gasteiger partial charge in [-0.1, -0.05) is 6.07 Å². The Balaban J connectivity index is 1.68. The van der Waals surface area contributed by atoms with E-state index in [-0.39, 0.29) is 6.10 Å². The number of pyridine rings is 1. The topological polar surface area (TPSA) is 50.8 Å². The third-order valence-corrected chi connectivity index (χ3v) is 3.14. The number of nitrogens with zero attached hydrogens (tertiary/aromatic N) is 2. The van der Waals surface area contributed by atoms with Crippen LogP contribution in [0.1, 0.15) is 35.9 Å². The fourth-order valence-electron chi connectivity index (χ4n) is 2.26. The fraction of sp³-hybridized carbons (Fsp3) is 0.385. The van der Waals surface area contributed by atoms with Crippen LogP contribution in [-0.4, -0.2) is 15.2 Å². The molecule has 1 aliphatic carbocycles. The molecule has 2 aromatic rings. The summed E-state index contributed by atoms with van der Waals surface area (Å²) in [6, 6.07) is 5.88. The smallest absolute Gasteiger partial charge is 0.0997 e. The third kappa shape index (κ3) is 2.22. The molecule has 4 nitrogen and oxygen atoms in total. The highest BCUT2D eigenvalue weighted by molar-refractivity contribution is 5.21. The van der Waals surface area contributed by atoms with Crippen LogP contribution >= 0.6 is 0 Å². The molecule has 2 aromatic heterocycles. The lowest BCUT2D eigenvalue weighted by molar-refractivity contribution is 0.0237. The summed E-state index contributed by atoms with van der Waals surface area (Å²) in [6.45, 7) is 0.559. The van der Waals surface area contributed by atoms with Crippen molar-refractivity contribution in [3.63, 3.8) is 0 Å². The summed E-state index contributed by atoms with van der Waals surface area (Å²) in [6.07, 6.45) is 7.17. The zero-order valence-corrected chi connectivity index (χ0v) is 9.60. The summed E-state index contributed by atoms with van der Waals surface area (Å²) in [4.78, 5) is 4.26. The van der Waals surface area contributed by atoms with Gasteiger partial charge in [0, 0.05) is 6.20 Å². The molecule has 1 N–H and O–H groups in total. The minimum Gasteiger partial charge on any atom is -0.366 e. The maximum absolute atomic E-state index is 5.92. The number of ether oxygens (including phenoxy) is 1. The Morgan fingerprint density at radius 2 is 2.41 bits per heavy atom. The average Bonchev–Trinajstić information content (AvgIpc) is 2.86. The van der Waals surface area contributed by atoms with Crippen molar-refractivity contribution in [1.82, 2.24) is 15.2 Å². The number of hydrogen-bond donors (Lipinski definition) is 1. The summed E-state index contributed by atoms with van der Waals surface area (Å²) < 4.78 is 5.92. The van der Waals surface area contributed by atoms with Crippen molar-refractivity contribution in [2.75, 3.05) is 0 Å². The summed E-state index contributed by atoms with van der Waals surface area (Å²) in [5, 5.41) is 7.14. The van der Waals surface area contributed by atoms with Crippen molar-refractivity contribution < 1.29 is 4.74 Å². The Hall–Kier alpha value is -1.68. The third-order valence-electron chi connectivity index (χ3n) is 3.14. The molecule has 0 spiro atoms. The highest BCUT2D eigenvalue weighted by Crippen LogP contribution is 2.31. The van der Waals surface area contributed by atoms with Gasteiger partial charge in [0.15, 0.2) is 0 Å². The van der Waals surface area contributed by atoms with E-state index in [0.29, 0.717) is 6.61 Å². The zero-order valence-electron chi connectivity index (χ0n) is 9.60. The van der Waals surface area contributed by atoms with E-state index in [4.69, 9.17) is 4.74 Å². The van der Waals surface area contributed by atoms with Gasteiger partial charge in [0.2, 0.25) is 0 Å². The van der Waals surface area contributed by atoms with E-state index in [9.17, 15) is 0 Å². The minimum absolute atomic E-state index is 0.142. The Bertz CT molecular complexity index is 480. The lowest BCUT2D eigenvalue weighted by Crippen LogP contribution is -2.12. The number of hydrogen-bond acceptors (Lipinski definition) is 3. The monoisotopic (exact) mass is 229 g/mol. The van der Waals surface area contributed by atoms with Gasteiger partial charge in [-0.25, -0.2) is 0 Å². The molecule has 0 saturated carbocycles. The van der Waals surface area contributed by atoms with Crippen LogP contribution in [0.25, 0.3) is 0 Å². The molecule has 0 aromatic carbocycles. The van der Waals surface area contributed by atoms with E-state index < -0.39 is 0 Å². The summed E-state index contributed by atoms with van der Waals surface area (Å²) in [7, 11) is 0. The maximum atomic E-state index is 5.92. The predicted octanol–water partition coefficient (Wildman–Crippen LogP) is 2.40. The van der Waals surface area contributed by atoms with Crippen LogP contribution in [0.2, 0.25) is 0 Å². The molecule has 88 valence electrons. The number of H-pyrrole nitrogens is 1. The molecular formula is C13H15N3O. The largest absolute Gasteiger partial charge is 0.366 e. The number of aryl methyl sites for hydroxylation is 1. The molecule has 3 rings (SSSR count). The molecule has 0 bridgehead atoms. The van der Waals surface area contributed by atoms with Gasteiger partial charge in [-0.05, 0) is 37.0 Å². The first-order valence-electron chi connectivity index (χ1n) is 5.97. The Kier molecular flexibility index (Phi) is 2.88. The molecule has 1 atom stereocenters. The highest BCUT2D eigenvalue weighted by atomic mass is 16.5. The van der Waals surface area contributed by atoms with Crippen LogP contribution in [-0.2, 0) is 17.8 Å². The van der Waals surface area contributed by atoms with Crippen LogP contribution in [0.5, 0.6) is 0 Å². The van der Waals surface area contributed by atoms with Gasteiger partial charge in [0.25, 0.3) is 0 Å². The maximum Gasteiger partial charge on any atom is 0.0997 e. The van der Waals surface area contributed by atoms with Gasteiger partial charge >= 0.3 is 0 Å². The van der Waals surface area contributed by atoms with Crippen LogP contribution in [0.15, 0.2) is 30.6 Å². The van der Waals surface area contributed by atoms with Crippen molar-refractivity contribution >= 4 is 0 Å². The van der Waals surface area contributed by atoms with Crippen molar-refractivity contribution in [3.05, 3.63) is 47.5 Å². The standard InChI is InChI=1S/C13H15N3O/c1-2-7-14-11(5-1)9-17-12-6-3-4-10-8-15-16-13(10)12/h1-2,5,7-8,12H,3-4,6,9H2,(H,15,16). The van der Waals surface area contributed by atoms with Crippen LogP contribution < -0.4 is 0 Å². The quantitative estimate of drug-likeness (QED) is 0.879. The van der Waals surface area contributed by atoms with Crippen molar-refractivity contribution in [2.24, 2.45) is 0 Å². The first-order valence-corrected chi connectivity index (χ1v) is 5.97. The summed E-state index contributed by atoms with van der Waals surface area (Å²) in [5.41, 5.74) is 3.41. The number of fused-ring (bicyclic) bond motifs is 1. The second kappa shape index (κ2) is 4.67. The van der Waals surface area contributed by atoms with E-state index in [1.165, 1.54) is 12.0 Å². The molecule has 0 fully saturated rings. The number of nitrogens with one attached hydrogen (secondary N) is 1. The summed E-state index contributed by atoms with van der Waals surface area (Å²) in [5.74, 6) is 0. The molecular weight excluding hydrogens is 214 g/mol. The van der Waals surface area contributed by atoms with Gasteiger partial charge in [-0.2, -0.15) is 5.10 Å². The predicted molar refractivity (Wildman–Crippen MR) is 63.3 cm³/mol. The second-order valence-corrected chi connectivity index (χ2v) is 4.32. The van der Waals surface area contributed by atoms with Crippen molar-refractivity contribution in [1.29, 1.82) is 0 Å². The normalized spacial score (nSPS) is 18.9. The molecule has 0 aliphatic heterocycles. The number of aromatic nitrogens is 3. The van der Waals surface area contributed by atoms with Gasteiger partial charge < -0.3 is 4.74 Å². The van der Waals surface area contributed by atoms with E-state index in [2.05, 4.69) is 15.2 Å². The van der Waals surface area contributed by atoms with E-state index in [1.54, 1.807) is 6.20 Å². The van der Waals surface area contributed by atoms with Gasteiger partial charge in [-0.15, -0.1) is 0 Å². The van der Waals surface area contributed by atoms with Crippen LogP contribution in [0.4, 0.5) is 0 Å². The van der Waals surface area contributed by atoms with Gasteiger partial charge in [-0.3, -0.25) is 10.1 Å². The Morgan fingerprint density at radius 3 is 3.29 bits per heavy atom. The summed E-state index contributed by atoms with van der Waals surface area (Å²) >= 11 is 0. The molecule has 4 heteroatoms. The molecule has 2 heterocycles. The lowest BCUT2D eigenvalue weighted by atomic mass is 9.96. The van der Waals surface area contributed by atoms with Gasteiger partial charge in [0.05, 0.1) is 30.3 Å². The van der Waals surface area contributed by atoms with Crippen molar-refractivity contribution in [3.8, 4) is 0 Å². The zero-order chi connectivity index (χ0) is 11.5. The minimum atomic E-state index is 0.142. The molecule has 1 unspecified atom stereocenters. The molecule has 17 heavy (non-hydrogen) atoms. The van der Waals surface area contributed by atoms with Gasteiger partial charge in [0.1, 0.15) is 0 Å². The molecule has 1 aliphatic rings. The van der Waals surface area contributed by atoms with E-state index in [0.717, 1.165) is 24.2 Å². The Labute approximate surface area is 100 Å². The van der Waals surface area contributed by atoms with Crippen molar-refractivity contribution in [2.45, 2.75) is 32.0 Å². The highest BCUT2D eigenvalue weighted by Gasteiger charge is 2.22. The Morgan fingerprint density at radius 1 is 1.41 bits per heavy atom. The number of aromatic amines is 1. The van der Waals surface area contributed by atoms with Crippen LogP contribution in [0.3, 0.4) is 0 Å². The average molecular weight is 229 g/mol. The molecule has 0 amide bonds. The van der Waals surface area contributed by atoms with Crippen LogP contribution in [0, 0.1) is 0 Å². The van der Waals surface area contributed by atoms with E-state index >= 15 is 0 Å². The first-order chi connectivity index (χ1) is 8.43. The SMILES string of the molecule is c1ccc(COC2CCCc3cn[nH]c32)nc1. The first kappa shape index (κ1) is 10.5. The number of rotatable bonds is 3. The molecule has 0 saturated heterocycles. The fourth-order valence-corrected chi connectivity index (χ4v) is 2.26. The lowest BCUT2D eigenvalue weighted by Gasteiger charge is -2.21. The second-order valence-electron chi connectivity index (χ2n) is 4.32.